The molecule has 0 fully saturated rings. The van der Waals surface area contributed by atoms with Crippen molar-refractivity contribution in [1.82, 2.24) is 4.57 Å². The molecular formula is C50H45NO2. The number of ether oxygens (including phenoxy) is 1. The summed E-state index contributed by atoms with van der Waals surface area (Å²) in [4.78, 5) is 0. The predicted molar refractivity (Wildman–Crippen MR) is 225 cm³/mol. The Labute approximate surface area is 313 Å². The minimum atomic E-state index is -0.957. The summed E-state index contributed by atoms with van der Waals surface area (Å²) in [6.07, 6.45) is 30.2. The molecule has 1 N–H and O–H groups in total. The molecule has 0 saturated heterocycles. The number of para-hydroxylation sites is 2. The number of nitrogens with zero attached hydrogens (tertiary/aromatic N) is 1. The number of rotatable bonds is 9. The van der Waals surface area contributed by atoms with Gasteiger partial charge in [0.05, 0.1) is 17.2 Å². The zero-order valence-electron chi connectivity index (χ0n) is 30.5. The highest BCUT2D eigenvalue weighted by Gasteiger charge is 2.47. The van der Waals surface area contributed by atoms with Crippen molar-refractivity contribution in [3.63, 3.8) is 0 Å². The smallest absolute Gasteiger partial charge is 0.130 e. The van der Waals surface area contributed by atoms with E-state index in [4.69, 9.17) is 11.3 Å². The van der Waals surface area contributed by atoms with Gasteiger partial charge >= 0.3 is 0 Å². The molecule has 0 bridgehead atoms. The second kappa shape index (κ2) is 15.5. The van der Waals surface area contributed by atoms with Crippen LogP contribution in [0, 0.1) is 5.92 Å². The van der Waals surface area contributed by atoms with Crippen LogP contribution in [-0.2, 0) is 11.8 Å². The Morgan fingerprint density at radius 1 is 0.849 bits per heavy atom. The van der Waals surface area contributed by atoms with E-state index in [9.17, 15) is 5.11 Å². The van der Waals surface area contributed by atoms with Crippen LogP contribution in [0.15, 0.2) is 183 Å². The predicted octanol–water partition coefficient (Wildman–Crippen LogP) is 12.8. The van der Waals surface area contributed by atoms with Gasteiger partial charge in [0.1, 0.15) is 11.5 Å². The molecule has 2 atom stereocenters. The molecule has 0 radical (unpaired) electrons. The van der Waals surface area contributed by atoms with Gasteiger partial charge in [0.2, 0.25) is 0 Å². The molecule has 0 saturated carbocycles. The molecule has 0 amide bonds. The number of fused-ring (bicyclic) bond motifs is 4. The van der Waals surface area contributed by atoms with Crippen molar-refractivity contribution in [2.24, 2.45) is 5.92 Å². The normalized spacial score (nSPS) is 19.1. The van der Waals surface area contributed by atoms with Gasteiger partial charge in [-0.1, -0.05) is 160 Å². The Morgan fingerprint density at radius 2 is 1.62 bits per heavy atom. The Kier molecular flexibility index (Phi) is 10.3. The van der Waals surface area contributed by atoms with E-state index in [1.54, 1.807) is 12.3 Å². The highest BCUT2D eigenvalue weighted by atomic mass is 16.5. The van der Waals surface area contributed by atoms with Crippen molar-refractivity contribution >= 4 is 28.8 Å². The average molecular weight is 692 g/mol. The second-order valence-corrected chi connectivity index (χ2v) is 13.4. The molecule has 262 valence electrons. The van der Waals surface area contributed by atoms with Gasteiger partial charge < -0.3 is 14.4 Å². The fraction of sp³-hybridized carbons (Fsp3) is 0.120. The van der Waals surface area contributed by atoms with Crippen molar-refractivity contribution < 1.29 is 9.84 Å². The highest BCUT2D eigenvalue weighted by Crippen LogP contribution is 2.56. The molecule has 2 aliphatic rings. The maximum absolute atomic E-state index is 13.0. The minimum absolute atomic E-state index is 0.215. The van der Waals surface area contributed by atoms with Gasteiger partial charge in [0, 0.05) is 39.5 Å². The summed E-state index contributed by atoms with van der Waals surface area (Å²) in [7, 11) is 0. The standard InChI is InChI=1S/C50H45NO2/c1-5-7-9-18-34-51-45-31-15-13-26-42(45)48-40(27-21-32-46(48)51)41-28-20-30-44(49(41)52)50(37(4)39(25-8-6-2)38-23-11-10-12-24-38)36(3)22-17-19-35-53-47-33-16-14-29-43(47)50/h5-14,16-30,32-35,37,52H,1,3,15,31H2,2,4H3/b8-6-,9-7-,22-17-,34-18-,35-19-,39-25+. The average Bonchev–Trinajstić information content (AvgIpc) is 3.54. The van der Waals surface area contributed by atoms with Crippen molar-refractivity contribution in [3.05, 3.63) is 211 Å². The van der Waals surface area contributed by atoms with Crippen LogP contribution in [0.5, 0.6) is 11.5 Å². The summed E-state index contributed by atoms with van der Waals surface area (Å²) < 4.78 is 8.65. The third-order valence-corrected chi connectivity index (χ3v) is 10.5. The lowest BCUT2D eigenvalue weighted by Gasteiger charge is -2.43. The van der Waals surface area contributed by atoms with Gasteiger partial charge in [-0.05, 0) is 72.2 Å². The summed E-state index contributed by atoms with van der Waals surface area (Å²) >= 11 is 0. The minimum Gasteiger partial charge on any atom is -0.507 e. The van der Waals surface area contributed by atoms with Gasteiger partial charge in [-0.3, -0.25) is 0 Å². The van der Waals surface area contributed by atoms with E-state index in [0.717, 1.165) is 62.7 Å². The molecule has 3 heteroatoms. The molecule has 0 spiro atoms. The monoisotopic (exact) mass is 691 g/mol. The molecule has 3 nitrogen and oxygen atoms in total. The maximum atomic E-state index is 13.0. The van der Waals surface area contributed by atoms with Crippen LogP contribution in [0.2, 0.25) is 0 Å². The third kappa shape index (κ3) is 6.29. The Balaban J connectivity index is 1.55. The number of aromatic hydroxyl groups is 1. The lowest BCUT2D eigenvalue weighted by atomic mass is 9.58. The topological polar surface area (TPSA) is 34.4 Å². The molecule has 53 heavy (non-hydrogen) atoms. The van der Waals surface area contributed by atoms with E-state index >= 15 is 0 Å². The van der Waals surface area contributed by atoms with Gasteiger partial charge in [0.15, 0.2) is 0 Å². The number of phenols is 1. The SMILES string of the molecule is C=C/C=C\C=C/n1c2c(c3c(-c4cccc(C5(C(C)/C(=C\C=C/C)c6ccccc6)C(=C)/C=C\C=C/Oc6ccccc65)c4O)cccc31)C=CCC2. The van der Waals surface area contributed by atoms with E-state index in [1.165, 1.54) is 11.3 Å². The number of benzene rings is 4. The number of allylic oxidation sites excluding steroid dienone is 13. The summed E-state index contributed by atoms with van der Waals surface area (Å²) in [5.41, 5.74) is 9.05. The Bertz CT molecular complexity index is 2390. The van der Waals surface area contributed by atoms with Crippen LogP contribution in [-0.4, -0.2) is 9.67 Å². The first-order valence-corrected chi connectivity index (χ1v) is 18.3. The first kappa shape index (κ1) is 35.1. The number of hydrogen-bond acceptors (Lipinski definition) is 2. The molecule has 2 heterocycles. The Hall–Kier alpha value is -6.32. The largest absolute Gasteiger partial charge is 0.507 e. The summed E-state index contributed by atoms with van der Waals surface area (Å²) in [5.74, 6) is 0.704. The fourth-order valence-electron chi connectivity index (χ4n) is 8.20. The first-order chi connectivity index (χ1) is 26.0. The van der Waals surface area contributed by atoms with E-state index in [1.807, 2.05) is 73.7 Å². The summed E-state index contributed by atoms with van der Waals surface area (Å²) in [5, 5.41) is 14.1. The molecule has 4 aromatic carbocycles. The van der Waals surface area contributed by atoms with Crippen LogP contribution in [0.3, 0.4) is 0 Å². The number of aromatic nitrogens is 1. The van der Waals surface area contributed by atoms with Gasteiger partial charge in [-0.15, -0.1) is 0 Å². The molecule has 5 aromatic rings. The van der Waals surface area contributed by atoms with E-state index in [2.05, 4.69) is 115 Å². The zero-order chi connectivity index (χ0) is 36.8. The van der Waals surface area contributed by atoms with Crippen molar-refractivity contribution in [2.75, 3.05) is 0 Å². The molecular weight excluding hydrogens is 647 g/mol. The Morgan fingerprint density at radius 3 is 2.45 bits per heavy atom. The highest BCUT2D eigenvalue weighted by molar-refractivity contribution is 6.05. The van der Waals surface area contributed by atoms with Crippen LogP contribution in [0.4, 0.5) is 0 Å². The maximum Gasteiger partial charge on any atom is 0.130 e. The third-order valence-electron chi connectivity index (χ3n) is 10.5. The van der Waals surface area contributed by atoms with Gasteiger partial charge in [0.25, 0.3) is 0 Å². The second-order valence-electron chi connectivity index (χ2n) is 13.4. The molecule has 1 aromatic heterocycles. The van der Waals surface area contributed by atoms with E-state index < -0.39 is 5.41 Å². The molecule has 1 aliphatic carbocycles. The van der Waals surface area contributed by atoms with Crippen LogP contribution >= 0.6 is 0 Å². The summed E-state index contributed by atoms with van der Waals surface area (Å²) in [6, 6.07) is 31.2. The lowest BCUT2D eigenvalue weighted by molar-refractivity contribution is 0.411. The summed E-state index contributed by atoms with van der Waals surface area (Å²) in [6.45, 7) is 12.9. The quantitative estimate of drug-likeness (QED) is 0.156. The van der Waals surface area contributed by atoms with Crippen molar-refractivity contribution in [2.45, 2.75) is 32.1 Å². The fourth-order valence-corrected chi connectivity index (χ4v) is 8.20. The van der Waals surface area contributed by atoms with Crippen LogP contribution in [0.25, 0.3) is 39.9 Å². The zero-order valence-corrected chi connectivity index (χ0v) is 30.5. The van der Waals surface area contributed by atoms with Gasteiger partial charge in [-0.25, -0.2) is 0 Å². The lowest BCUT2D eigenvalue weighted by Crippen LogP contribution is -2.38. The van der Waals surface area contributed by atoms with Crippen molar-refractivity contribution in [3.8, 4) is 22.6 Å². The molecule has 2 unspecified atom stereocenters. The van der Waals surface area contributed by atoms with E-state index in [0.29, 0.717) is 5.75 Å². The van der Waals surface area contributed by atoms with Gasteiger partial charge in [-0.2, -0.15) is 0 Å². The van der Waals surface area contributed by atoms with Crippen molar-refractivity contribution in [1.29, 1.82) is 0 Å². The molecule has 7 rings (SSSR count). The number of hydrogen-bond donors (Lipinski definition) is 1. The van der Waals surface area contributed by atoms with E-state index in [-0.39, 0.29) is 11.7 Å². The molecule has 1 aliphatic heterocycles. The first-order valence-electron chi connectivity index (χ1n) is 18.3. The van der Waals surface area contributed by atoms with Crippen LogP contribution in [0.1, 0.15) is 48.2 Å². The number of phenolic OH excluding ortho intramolecular Hbond substituents is 1. The van der Waals surface area contributed by atoms with Crippen LogP contribution < -0.4 is 4.74 Å².